The van der Waals surface area contributed by atoms with Gasteiger partial charge in [0.1, 0.15) is 0 Å². The molecule has 1 saturated heterocycles. The van der Waals surface area contributed by atoms with Crippen molar-refractivity contribution >= 4 is 29.6 Å². The first-order valence-electron chi connectivity index (χ1n) is 7.91. The van der Waals surface area contributed by atoms with Gasteiger partial charge in [0.15, 0.2) is 0 Å². The number of aliphatic hydroxyl groups is 1. The van der Waals surface area contributed by atoms with Crippen molar-refractivity contribution in [2.24, 2.45) is 0 Å². The summed E-state index contributed by atoms with van der Waals surface area (Å²) in [6.07, 6.45) is 16.8. The van der Waals surface area contributed by atoms with E-state index in [-0.39, 0.29) is 64.0 Å². The predicted molar refractivity (Wildman–Crippen MR) is 141 cm³/mol. The molecule has 1 fully saturated rings. The van der Waals surface area contributed by atoms with E-state index in [4.69, 9.17) is 16.0 Å². The van der Waals surface area contributed by atoms with E-state index < -0.39 is 42.4 Å². The van der Waals surface area contributed by atoms with Gasteiger partial charge in [-0.2, -0.15) is 0 Å². The Hall–Kier alpha value is 4.12. The first kappa shape index (κ1) is 45.1. The molecular weight excluding hydrogens is 932 g/mol. The summed E-state index contributed by atoms with van der Waals surface area (Å²) in [5.41, 5.74) is 0. The van der Waals surface area contributed by atoms with Crippen LogP contribution in [-0.2, 0) is 10.9 Å². The van der Waals surface area contributed by atoms with E-state index in [1.165, 1.54) is 3.76 Å². The molecule has 0 amide bonds. The van der Waals surface area contributed by atoms with Crippen LogP contribution in [0, 0.1) is 0 Å². The Kier molecular flexibility index (Phi) is 32.2. The maximum atomic E-state index is 9.55. The maximum absolute atomic E-state index is 9.55. The molecule has 0 saturated carbocycles. The second kappa shape index (κ2) is 22.1. The molecule has 0 aromatic carbocycles. The minimum atomic E-state index is -1.20. The van der Waals surface area contributed by atoms with Crippen molar-refractivity contribution in [2.75, 3.05) is 78.1 Å². The fourth-order valence-electron chi connectivity index (χ4n) is 1.26. The van der Waals surface area contributed by atoms with Crippen LogP contribution in [0.25, 0.3) is 0 Å². The molecule has 0 aromatic heterocycles. The third-order valence-electron chi connectivity index (χ3n) is 2.62. The molecule has 0 aliphatic carbocycles. The van der Waals surface area contributed by atoms with E-state index in [2.05, 4.69) is 48.7 Å². The van der Waals surface area contributed by atoms with Crippen molar-refractivity contribution in [1.82, 2.24) is 0 Å². The Morgan fingerprint density at radius 2 is 1.52 bits per heavy atom. The Labute approximate surface area is 239 Å². The molecule has 1 aliphatic rings. The summed E-state index contributed by atoms with van der Waals surface area (Å²) < 4.78 is 28.5. The van der Waals surface area contributed by atoms with E-state index >= 15 is 0 Å². The Bertz CT molecular complexity index is 417. The van der Waals surface area contributed by atoms with Gasteiger partial charge < -0.3 is 0 Å². The quantitative estimate of drug-likeness (QED) is 0.0834. The van der Waals surface area contributed by atoms with Crippen LogP contribution in [0.1, 0.15) is 36.1 Å². The summed E-state index contributed by atoms with van der Waals surface area (Å²) in [7, 11) is -2.67. The van der Waals surface area contributed by atoms with Crippen molar-refractivity contribution in [3.63, 3.8) is 0 Å². The predicted octanol–water partition coefficient (Wildman–Crippen LogP) is -6.24. The normalized spacial score (nSPS) is 23.9. The van der Waals surface area contributed by atoms with Crippen LogP contribution >= 0.6 is 29.6 Å². The molecule has 0 aromatic rings. The van der Waals surface area contributed by atoms with Gasteiger partial charge in [-0.1, -0.05) is 29.7 Å². The minimum absolute atomic E-state index is 0. The molecule has 5 nitrogen and oxygen atoms in total. The van der Waals surface area contributed by atoms with Crippen molar-refractivity contribution < 1.29 is 99.5 Å². The van der Waals surface area contributed by atoms with Crippen LogP contribution in [0.3, 0.4) is 0 Å². The molecule has 2 N–H and O–H groups in total. The van der Waals surface area contributed by atoms with Crippen molar-refractivity contribution in [3.05, 3.63) is 0 Å². The van der Waals surface area contributed by atoms with Crippen molar-refractivity contribution in [1.29, 1.82) is 0 Å². The van der Waals surface area contributed by atoms with Crippen LogP contribution in [0.2, 0.25) is 0 Å². The average Bonchev–Trinajstić information content (AvgIpc) is 3.29. The zero-order valence-electron chi connectivity index (χ0n) is 17.5. The molecule has 31 heavy (non-hydrogen) atoms. The molecule has 2 atom stereocenters. The van der Waals surface area contributed by atoms with Crippen LogP contribution in [0.4, 0.5) is 0 Å². The first-order valence-corrected chi connectivity index (χ1v) is 33.1. The number of hydrogen-bond donors (Lipinski definition) is 2. The summed E-state index contributed by atoms with van der Waals surface area (Å²) >= 11 is -0.210. The average molecular weight is 987 g/mol. The molecule has 1 heterocycles. The second-order valence-corrected chi connectivity index (χ2v) is 53.1. The third-order valence-corrected chi connectivity index (χ3v) is 38.3. The van der Waals surface area contributed by atoms with Gasteiger partial charge >= 0.3 is 214 Å². The van der Waals surface area contributed by atoms with E-state index in [1.807, 2.05) is 0 Å². The van der Waals surface area contributed by atoms with Crippen LogP contribution in [-0.4, -0.2) is 86.6 Å². The van der Waals surface area contributed by atoms with Gasteiger partial charge in [-0.05, 0) is 0 Å². The Morgan fingerprint density at radius 3 is 1.87 bits per heavy atom. The molecule has 212 valence electrons. The number of rotatable bonds is 13. The molecule has 1 aliphatic heterocycles. The summed E-state index contributed by atoms with van der Waals surface area (Å²) in [5.74, 6) is 0.928. The molecule has 1 rings (SSSR count). The Morgan fingerprint density at radius 1 is 1.00 bits per heavy atom. The molecule has 0 radical (unpaired) electrons. The number of aliphatic hydroxyl groups excluding tert-OH is 1. The standard InChI is InChI=1S/C9H24I2O4S2.C5H14I2OS2.4CH4/c1-16(2,3)11-15-17(4,10-13)9-5-7-14-8-6-12;1-6-9(2,3)8-10(4)5-7-10;;;;/h12-13H,5-9H2,1-4H3;5H2,1-4H3;4*1H4/q2*-2;;;;. The van der Waals surface area contributed by atoms with Crippen LogP contribution < -0.4 is 80.1 Å². The summed E-state index contributed by atoms with van der Waals surface area (Å²) in [6.45, 7) is 1.13. The first-order chi connectivity index (χ1) is 12.3. The van der Waals surface area contributed by atoms with E-state index in [0.29, 0.717) is 52.9 Å². The van der Waals surface area contributed by atoms with Gasteiger partial charge in [0.25, 0.3) is 0 Å². The summed E-state index contributed by atoms with van der Waals surface area (Å²) in [5, 5.41) is 8.57. The number of alkyl halides is 2. The second-order valence-electron chi connectivity index (χ2n) is 6.63. The fourth-order valence-corrected chi connectivity index (χ4v) is 35.5. The molecule has 13 heteroatoms. The van der Waals surface area contributed by atoms with Gasteiger partial charge in [0, 0.05) is 0 Å². The molecule has 2 unspecified atom stereocenters. The Balaban J connectivity index is -0.000000140. The van der Waals surface area contributed by atoms with Gasteiger partial charge in [0.2, 0.25) is 0 Å². The SMILES string of the molecule is C.C.C.C.CS(C)(C)[I-]OS(C)(CCCOCCO)[I-]O.C[I-]S(C)(C)OS1(C)C[I-]1. The van der Waals surface area contributed by atoms with Crippen LogP contribution in [0.15, 0.2) is 0 Å². The van der Waals surface area contributed by atoms with Crippen molar-refractivity contribution in [3.8, 4) is 0 Å². The van der Waals surface area contributed by atoms with Gasteiger partial charge in [-0.15, -0.1) is 0 Å². The zero-order chi connectivity index (χ0) is 21.2. The van der Waals surface area contributed by atoms with Gasteiger partial charge in [-0.25, -0.2) is 0 Å². The van der Waals surface area contributed by atoms with Crippen LogP contribution in [0.5, 0.6) is 0 Å². The number of halogens is 4. The van der Waals surface area contributed by atoms with Crippen molar-refractivity contribution in [2.45, 2.75) is 36.1 Å². The van der Waals surface area contributed by atoms with Gasteiger partial charge in [0.05, 0.1) is 0 Å². The number of ether oxygens (including phenoxy) is 1. The molecule has 0 spiro atoms. The summed E-state index contributed by atoms with van der Waals surface area (Å²) in [4.78, 5) is 2.34. The molecular formula is C18H54I4O5S4-4. The molecule has 0 bridgehead atoms. The van der Waals surface area contributed by atoms with E-state index in [1.54, 1.807) is 0 Å². The van der Waals surface area contributed by atoms with E-state index in [9.17, 15) is 3.44 Å². The summed E-state index contributed by atoms with van der Waals surface area (Å²) in [6, 6.07) is 0. The topological polar surface area (TPSA) is 68.2 Å². The number of hydrogen-bond acceptors (Lipinski definition) is 5. The fraction of sp³-hybridized carbons (Fsp3) is 1.00. The van der Waals surface area contributed by atoms with Gasteiger partial charge in [-0.3, -0.25) is 0 Å². The zero-order valence-corrected chi connectivity index (χ0v) is 29.4. The van der Waals surface area contributed by atoms with E-state index in [0.717, 1.165) is 12.2 Å². The third kappa shape index (κ3) is 27.0. The monoisotopic (exact) mass is 986 g/mol.